The molecule has 3 aromatic carbocycles. The molecule has 3 rings (SSSR count). The van der Waals surface area contributed by atoms with Crippen molar-refractivity contribution in [3.8, 4) is 17.2 Å². The van der Waals surface area contributed by atoms with E-state index in [1.807, 2.05) is 0 Å². The van der Waals surface area contributed by atoms with E-state index < -0.39 is 21.3 Å². The quantitative estimate of drug-likeness (QED) is 0.232. The standard InChI is InChI=1S/3C14H22O.CH3.Hf/c3*1-13(2,3)10-8-7-9-11(12(10)15)14(4,5)6;;/h3*7-9,15H,1-6H3;1H3;/q;;;;+3/p-3. The third kappa shape index (κ3) is 9.34. The predicted molar refractivity (Wildman–Crippen MR) is 199 cm³/mol. The van der Waals surface area contributed by atoms with Gasteiger partial charge in [0.25, 0.3) is 0 Å². The van der Waals surface area contributed by atoms with Crippen LogP contribution in [0.5, 0.6) is 17.2 Å². The van der Waals surface area contributed by atoms with E-state index in [0.29, 0.717) is 0 Å². The Kier molecular flexibility index (Phi) is 10.9. The molecule has 0 bridgehead atoms. The second kappa shape index (κ2) is 13.0. The van der Waals surface area contributed by atoms with Crippen molar-refractivity contribution in [3.05, 3.63) is 88.0 Å². The first-order chi connectivity index (χ1) is 21.0. The average molecular weight is 809 g/mol. The predicted octanol–water partition coefficient (Wildman–Crippen LogP) is 13.0. The number of hydrogen-bond donors (Lipinski definition) is 0. The minimum absolute atomic E-state index is 0.148. The van der Waals surface area contributed by atoms with Gasteiger partial charge in [0.05, 0.1) is 0 Å². The van der Waals surface area contributed by atoms with Crippen molar-refractivity contribution in [2.24, 2.45) is 0 Å². The summed E-state index contributed by atoms with van der Waals surface area (Å²) in [4.78, 5) is 0. The van der Waals surface area contributed by atoms with Crippen molar-refractivity contribution in [1.82, 2.24) is 0 Å². The molecule has 0 N–H and O–H groups in total. The molecular formula is C43H66HfO3. The Labute approximate surface area is 295 Å². The van der Waals surface area contributed by atoms with Gasteiger partial charge in [-0.2, -0.15) is 0 Å². The van der Waals surface area contributed by atoms with Gasteiger partial charge < -0.3 is 0 Å². The van der Waals surface area contributed by atoms with Crippen LogP contribution in [0.1, 0.15) is 158 Å². The summed E-state index contributed by atoms with van der Waals surface area (Å²) in [6.45, 7) is 40.7. The molecule has 0 unspecified atom stereocenters. The third-order valence-corrected chi connectivity index (χ3v) is 15.0. The molecule has 3 nitrogen and oxygen atoms in total. The molecule has 0 radical (unpaired) electrons. The Hall–Kier alpha value is -2.07. The van der Waals surface area contributed by atoms with Gasteiger partial charge in [-0.25, -0.2) is 0 Å². The zero-order chi connectivity index (χ0) is 36.2. The van der Waals surface area contributed by atoms with Gasteiger partial charge in [0.1, 0.15) is 0 Å². The number of rotatable bonds is 6. The van der Waals surface area contributed by atoms with Gasteiger partial charge in [-0.3, -0.25) is 0 Å². The summed E-state index contributed by atoms with van der Waals surface area (Å²) in [6, 6.07) is 19.8. The fourth-order valence-corrected chi connectivity index (χ4v) is 12.9. The van der Waals surface area contributed by atoms with E-state index in [-0.39, 0.29) is 32.5 Å². The molecule has 47 heavy (non-hydrogen) atoms. The van der Waals surface area contributed by atoms with E-state index >= 15 is 0 Å². The Morgan fingerprint density at radius 2 is 0.468 bits per heavy atom. The van der Waals surface area contributed by atoms with Crippen molar-refractivity contribution in [2.45, 2.75) is 162 Å². The van der Waals surface area contributed by atoms with E-state index in [1.54, 1.807) is 0 Å². The first kappa shape index (κ1) is 39.4. The molecule has 0 aliphatic heterocycles. The van der Waals surface area contributed by atoms with E-state index in [2.05, 4.69) is 184 Å². The van der Waals surface area contributed by atoms with Crippen LogP contribution in [0.4, 0.5) is 0 Å². The van der Waals surface area contributed by atoms with Gasteiger partial charge in [0, 0.05) is 0 Å². The van der Waals surface area contributed by atoms with Crippen molar-refractivity contribution in [3.63, 3.8) is 0 Å². The van der Waals surface area contributed by atoms with Crippen molar-refractivity contribution in [1.29, 1.82) is 0 Å². The molecular weight excluding hydrogens is 743 g/mol. The number of para-hydroxylation sites is 3. The summed E-state index contributed by atoms with van der Waals surface area (Å²) in [5, 5.41) is 0. The van der Waals surface area contributed by atoms with Gasteiger partial charge in [-0.05, 0) is 0 Å². The monoisotopic (exact) mass is 810 g/mol. The first-order valence-corrected chi connectivity index (χ1v) is 25.4. The molecule has 0 aliphatic carbocycles. The Morgan fingerprint density at radius 1 is 0.319 bits per heavy atom. The summed E-state index contributed by atoms with van der Waals surface area (Å²) in [6.07, 6.45) is 0. The maximum atomic E-state index is 7.57. The zero-order valence-corrected chi connectivity index (χ0v) is 37.0. The molecule has 0 amide bonds. The van der Waals surface area contributed by atoms with E-state index in [4.69, 9.17) is 8.56 Å². The molecule has 0 spiro atoms. The van der Waals surface area contributed by atoms with Crippen molar-refractivity contribution >= 4 is 0 Å². The summed E-state index contributed by atoms with van der Waals surface area (Å²) in [5.41, 5.74) is 6.13. The van der Waals surface area contributed by atoms with E-state index in [1.165, 1.54) is 33.4 Å². The molecule has 0 saturated heterocycles. The zero-order valence-electron chi connectivity index (χ0n) is 33.4. The van der Waals surface area contributed by atoms with Gasteiger partial charge in [0.15, 0.2) is 0 Å². The second-order valence-electron chi connectivity index (χ2n) is 19.7. The van der Waals surface area contributed by atoms with Gasteiger partial charge in [0.2, 0.25) is 0 Å². The molecule has 0 saturated carbocycles. The van der Waals surface area contributed by atoms with Gasteiger partial charge in [-0.15, -0.1) is 0 Å². The summed E-state index contributed by atoms with van der Waals surface area (Å²) in [5.74, 6) is 2.73. The van der Waals surface area contributed by atoms with Gasteiger partial charge in [-0.1, -0.05) is 0 Å². The molecule has 3 aromatic rings. The van der Waals surface area contributed by atoms with Crippen LogP contribution < -0.4 is 8.56 Å². The van der Waals surface area contributed by atoms with Crippen LogP contribution in [-0.4, -0.2) is 0 Å². The fraction of sp³-hybridized carbons (Fsp3) is 0.581. The maximum absolute atomic E-state index is 7.57. The van der Waals surface area contributed by atoms with Crippen LogP contribution in [0.2, 0.25) is 4.68 Å². The van der Waals surface area contributed by atoms with Crippen LogP contribution in [0, 0.1) is 0 Å². The van der Waals surface area contributed by atoms with E-state index in [0.717, 1.165) is 17.2 Å². The van der Waals surface area contributed by atoms with Gasteiger partial charge >= 0.3 is 297 Å². The summed E-state index contributed by atoms with van der Waals surface area (Å²) >= 11 is -4.89. The molecule has 4 heteroatoms. The van der Waals surface area contributed by atoms with Crippen molar-refractivity contribution in [2.75, 3.05) is 0 Å². The first-order valence-electron chi connectivity index (χ1n) is 17.5. The SMILES string of the molecule is CC(C)(C)c1cccc(C(C)(C)C)c1[O][Hf]([CH3])([O]c1c(C(C)(C)C)cccc1C(C)(C)C)[O]c1c(C(C)(C)C)cccc1C(C)(C)C. The van der Waals surface area contributed by atoms with Crippen LogP contribution in [0.25, 0.3) is 0 Å². The van der Waals surface area contributed by atoms with E-state index in [9.17, 15) is 0 Å². The summed E-state index contributed by atoms with van der Waals surface area (Å²) in [7, 11) is 0. The second-order valence-corrected chi connectivity index (χ2v) is 28.1. The normalized spacial score (nSPS) is 13.9. The molecule has 0 aromatic heterocycles. The average Bonchev–Trinajstić information content (AvgIpc) is 2.85. The Balaban J connectivity index is 2.50. The fourth-order valence-electron chi connectivity index (χ4n) is 6.10. The number of hydrogen-bond acceptors (Lipinski definition) is 3. The third-order valence-electron chi connectivity index (χ3n) is 8.76. The number of benzene rings is 3. The molecule has 0 aliphatic rings. The van der Waals surface area contributed by atoms with Crippen LogP contribution in [-0.2, 0) is 53.8 Å². The van der Waals surface area contributed by atoms with Crippen LogP contribution in [0.15, 0.2) is 54.6 Å². The van der Waals surface area contributed by atoms with Crippen LogP contribution >= 0.6 is 0 Å². The van der Waals surface area contributed by atoms with Crippen molar-refractivity contribution < 1.29 is 29.8 Å². The van der Waals surface area contributed by atoms with Crippen LogP contribution in [0.3, 0.4) is 0 Å². The Morgan fingerprint density at radius 3 is 0.596 bits per heavy atom. The molecule has 0 fully saturated rings. The Bertz CT molecular complexity index is 1270. The minimum atomic E-state index is -4.89. The molecule has 0 atom stereocenters. The molecule has 260 valence electrons. The summed E-state index contributed by atoms with van der Waals surface area (Å²) < 4.78 is 24.9. The molecule has 0 heterocycles. The topological polar surface area (TPSA) is 27.7 Å².